The van der Waals surface area contributed by atoms with Crippen LogP contribution in [0.4, 0.5) is 0 Å². The van der Waals surface area contributed by atoms with Crippen molar-refractivity contribution in [2.45, 2.75) is 19.4 Å². The molecule has 154 valence electrons. The number of nitrogens with zero attached hydrogens (tertiary/aromatic N) is 2. The van der Waals surface area contributed by atoms with E-state index in [1.54, 1.807) is 25.3 Å². The number of benzene rings is 2. The molecule has 0 spiro atoms. The number of rotatable bonds is 6. The van der Waals surface area contributed by atoms with E-state index in [1.807, 2.05) is 44.3 Å². The minimum Gasteiger partial charge on any atom is -0.497 e. The monoisotopic (exact) mass is 423 g/mol. The predicted octanol–water partition coefficient (Wildman–Crippen LogP) is 4.86. The molecule has 0 saturated heterocycles. The molecular weight excluding hydrogens is 402 g/mol. The van der Waals surface area contributed by atoms with E-state index >= 15 is 0 Å². The number of hydrogen-bond acceptors (Lipinski definition) is 4. The largest absolute Gasteiger partial charge is 0.497 e. The Morgan fingerprint density at radius 1 is 1.23 bits per heavy atom. The van der Waals surface area contributed by atoms with E-state index in [9.17, 15) is 4.79 Å². The highest BCUT2D eigenvalue weighted by molar-refractivity contribution is 6.30. The highest BCUT2D eigenvalue weighted by atomic mass is 35.5. The topological polar surface area (TPSA) is 69.3 Å². The standard InChI is InChI=1S/C23H22ClN3O3/c1-14(10-16-13-27(2)21-9-8-18(29-3)11-19(16)21)25-23(28)20-12-22(30-26-20)15-4-6-17(24)7-5-15/h4-9,11-14H,10H2,1-3H3,(H,25,28)/t14-/m1/s1. The zero-order valence-electron chi connectivity index (χ0n) is 17.0. The summed E-state index contributed by atoms with van der Waals surface area (Å²) in [7, 11) is 3.66. The third kappa shape index (κ3) is 4.04. The van der Waals surface area contributed by atoms with Crippen molar-refractivity contribution in [3.05, 3.63) is 71.0 Å². The second-order valence-electron chi connectivity index (χ2n) is 7.31. The molecule has 0 aliphatic rings. The Bertz CT molecular complexity index is 1190. The van der Waals surface area contributed by atoms with Gasteiger partial charge in [-0.25, -0.2) is 0 Å². The van der Waals surface area contributed by atoms with Crippen molar-refractivity contribution in [1.82, 2.24) is 15.0 Å². The van der Waals surface area contributed by atoms with E-state index in [0.717, 1.165) is 27.8 Å². The molecule has 4 aromatic rings. The molecule has 2 aromatic carbocycles. The summed E-state index contributed by atoms with van der Waals surface area (Å²) in [6.45, 7) is 1.97. The third-order valence-electron chi connectivity index (χ3n) is 5.05. The number of methoxy groups -OCH3 is 1. The van der Waals surface area contributed by atoms with Crippen LogP contribution in [0.1, 0.15) is 23.0 Å². The lowest BCUT2D eigenvalue weighted by Crippen LogP contribution is -2.34. The molecule has 0 radical (unpaired) electrons. The predicted molar refractivity (Wildman–Crippen MR) is 117 cm³/mol. The van der Waals surface area contributed by atoms with Gasteiger partial charge in [-0.05, 0) is 61.4 Å². The fourth-order valence-electron chi connectivity index (χ4n) is 3.55. The number of carbonyl (C=O) groups excluding carboxylic acids is 1. The minimum absolute atomic E-state index is 0.0926. The maximum atomic E-state index is 12.6. The third-order valence-corrected chi connectivity index (χ3v) is 5.31. The van der Waals surface area contributed by atoms with Gasteiger partial charge in [0, 0.05) is 46.8 Å². The number of aryl methyl sites for hydroxylation is 1. The number of halogens is 1. The first-order valence-electron chi connectivity index (χ1n) is 9.60. The molecule has 2 aromatic heterocycles. The fraction of sp³-hybridized carbons (Fsp3) is 0.217. The lowest BCUT2D eigenvalue weighted by atomic mass is 10.1. The Morgan fingerprint density at radius 2 is 2.00 bits per heavy atom. The number of ether oxygens (including phenoxy) is 1. The molecule has 1 N–H and O–H groups in total. The van der Waals surface area contributed by atoms with Crippen molar-refractivity contribution in [3.8, 4) is 17.1 Å². The van der Waals surface area contributed by atoms with Gasteiger partial charge in [0.2, 0.25) is 0 Å². The molecule has 30 heavy (non-hydrogen) atoms. The van der Waals surface area contributed by atoms with E-state index in [4.69, 9.17) is 20.9 Å². The van der Waals surface area contributed by atoms with Crippen molar-refractivity contribution in [3.63, 3.8) is 0 Å². The number of amides is 1. The van der Waals surface area contributed by atoms with Crippen molar-refractivity contribution in [2.24, 2.45) is 7.05 Å². The second kappa shape index (κ2) is 8.24. The fourth-order valence-corrected chi connectivity index (χ4v) is 3.68. The van der Waals surface area contributed by atoms with Gasteiger partial charge in [-0.3, -0.25) is 4.79 Å². The first-order chi connectivity index (χ1) is 14.4. The van der Waals surface area contributed by atoms with Crippen LogP contribution in [0.3, 0.4) is 0 Å². The number of fused-ring (bicyclic) bond motifs is 1. The van der Waals surface area contributed by atoms with Gasteiger partial charge in [-0.1, -0.05) is 16.8 Å². The van der Waals surface area contributed by atoms with Gasteiger partial charge in [0.15, 0.2) is 11.5 Å². The van der Waals surface area contributed by atoms with Gasteiger partial charge < -0.3 is 19.1 Å². The minimum atomic E-state index is -0.274. The van der Waals surface area contributed by atoms with Crippen molar-refractivity contribution in [2.75, 3.05) is 7.11 Å². The Balaban J connectivity index is 1.47. The molecule has 2 heterocycles. The van der Waals surface area contributed by atoms with Crippen LogP contribution in [-0.2, 0) is 13.5 Å². The van der Waals surface area contributed by atoms with Crippen LogP contribution >= 0.6 is 11.6 Å². The summed E-state index contributed by atoms with van der Waals surface area (Å²) in [6.07, 6.45) is 2.76. The molecule has 1 amide bonds. The quantitative estimate of drug-likeness (QED) is 0.481. The van der Waals surface area contributed by atoms with E-state index in [0.29, 0.717) is 17.2 Å². The molecule has 0 saturated carbocycles. The lowest BCUT2D eigenvalue weighted by Gasteiger charge is -2.12. The molecule has 0 aliphatic carbocycles. The van der Waals surface area contributed by atoms with E-state index in [-0.39, 0.29) is 17.6 Å². The van der Waals surface area contributed by atoms with Crippen LogP contribution in [-0.4, -0.2) is 28.8 Å². The zero-order chi connectivity index (χ0) is 21.3. The van der Waals surface area contributed by atoms with Crippen LogP contribution in [0.15, 0.2) is 59.3 Å². The zero-order valence-corrected chi connectivity index (χ0v) is 17.7. The smallest absolute Gasteiger partial charge is 0.273 e. The summed E-state index contributed by atoms with van der Waals surface area (Å²) in [5, 5.41) is 8.66. The SMILES string of the molecule is COc1ccc2c(c1)c(C[C@@H](C)NC(=O)c1cc(-c3ccc(Cl)cc3)on1)cn2C. The van der Waals surface area contributed by atoms with E-state index in [2.05, 4.69) is 21.2 Å². The average molecular weight is 424 g/mol. The maximum Gasteiger partial charge on any atom is 0.273 e. The second-order valence-corrected chi connectivity index (χ2v) is 7.75. The van der Waals surface area contributed by atoms with Crippen molar-refractivity contribution >= 4 is 28.4 Å². The molecule has 0 bridgehead atoms. The summed E-state index contributed by atoms with van der Waals surface area (Å²) in [4.78, 5) is 12.6. The van der Waals surface area contributed by atoms with Gasteiger partial charge >= 0.3 is 0 Å². The van der Waals surface area contributed by atoms with Crippen molar-refractivity contribution < 1.29 is 14.1 Å². The highest BCUT2D eigenvalue weighted by Crippen LogP contribution is 2.26. The lowest BCUT2D eigenvalue weighted by molar-refractivity contribution is 0.0931. The molecule has 4 rings (SSSR count). The van der Waals surface area contributed by atoms with Gasteiger partial charge in [-0.2, -0.15) is 0 Å². The van der Waals surface area contributed by atoms with Crippen LogP contribution in [0.25, 0.3) is 22.2 Å². The summed E-state index contributed by atoms with van der Waals surface area (Å²) < 4.78 is 12.8. The van der Waals surface area contributed by atoms with Gasteiger partial charge in [0.05, 0.1) is 7.11 Å². The summed E-state index contributed by atoms with van der Waals surface area (Å²) >= 11 is 5.91. The van der Waals surface area contributed by atoms with Crippen molar-refractivity contribution in [1.29, 1.82) is 0 Å². The maximum absolute atomic E-state index is 12.6. The Labute approximate surface area is 179 Å². The van der Waals surface area contributed by atoms with E-state index in [1.165, 1.54) is 0 Å². The Morgan fingerprint density at radius 3 is 2.73 bits per heavy atom. The van der Waals surface area contributed by atoms with Crippen LogP contribution in [0.5, 0.6) is 5.75 Å². The normalized spacial score (nSPS) is 12.1. The number of carbonyl (C=O) groups is 1. The first kappa shape index (κ1) is 20.0. The molecule has 0 unspecified atom stereocenters. The van der Waals surface area contributed by atoms with Crippen LogP contribution in [0, 0.1) is 0 Å². The molecule has 7 heteroatoms. The molecule has 6 nitrogen and oxygen atoms in total. The molecule has 1 atom stereocenters. The summed E-state index contributed by atoms with van der Waals surface area (Å²) in [5.41, 5.74) is 3.31. The highest BCUT2D eigenvalue weighted by Gasteiger charge is 2.17. The molecule has 0 aliphatic heterocycles. The average Bonchev–Trinajstić information content (AvgIpc) is 3.34. The number of nitrogens with one attached hydrogen (secondary N) is 1. The van der Waals surface area contributed by atoms with Gasteiger partial charge in [-0.15, -0.1) is 0 Å². The first-order valence-corrected chi connectivity index (χ1v) is 9.98. The number of hydrogen-bond donors (Lipinski definition) is 1. The molecule has 0 fully saturated rings. The van der Waals surface area contributed by atoms with Gasteiger partial charge in [0.1, 0.15) is 5.75 Å². The number of aromatic nitrogens is 2. The van der Waals surface area contributed by atoms with Crippen LogP contribution in [0.2, 0.25) is 5.02 Å². The summed E-state index contributed by atoms with van der Waals surface area (Å²) in [5.74, 6) is 1.05. The Kier molecular flexibility index (Phi) is 5.50. The van der Waals surface area contributed by atoms with E-state index < -0.39 is 0 Å². The van der Waals surface area contributed by atoms with Gasteiger partial charge in [0.25, 0.3) is 5.91 Å². The van der Waals surface area contributed by atoms with Crippen LogP contribution < -0.4 is 10.1 Å². The molecular formula is C23H22ClN3O3. The summed E-state index contributed by atoms with van der Waals surface area (Å²) in [6, 6.07) is 14.7. The Hall–Kier alpha value is -3.25.